The quantitative estimate of drug-likeness (QED) is 0.541. The van der Waals surface area contributed by atoms with Gasteiger partial charge in [0.15, 0.2) is 0 Å². The third kappa shape index (κ3) is 1.98. The molecule has 0 saturated heterocycles. The zero-order valence-corrected chi connectivity index (χ0v) is 12.3. The summed E-state index contributed by atoms with van der Waals surface area (Å²) in [6.45, 7) is 1.91. The Bertz CT molecular complexity index is 769. The molecule has 0 aromatic heterocycles. The fourth-order valence-corrected chi connectivity index (χ4v) is 4.28. The molecule has 0 saturated carbocycles. The molecule has 0 amide bonds. The molecular weight excluding hydrogens is 282 g/mol. The number of rotatable bonds is 0. The molecule has 4 rings (SSSR count). The van der Waals surface area contributed by atoms with Crippen molar-refractivity contribution >= 4 is 29.1 Å². The summed E-state index contributed by atoms with van der Waals surface area (Å²) in [5.41, 5.74) is 2.81. The van der Waals surface area contributed by atoms with Crippen molar-refractivity contribution in [2.75, 3.05) is 0 Å². The molecule has 2 aliphatic heterocycles. The van der Waals surface area contributed by atoms with E-state index in [1.165, 1.54) is 0 Å². The molecule has 21 heavy (non-hydrogen) atoms. The predicted octanol–water partition coefficient (Wildman–Crippen LogP) is 4.16. The molecule has 104 valence electrons. The van der Waals surface area contributed by atoms with Crippen molar-refractivity contribution in [1.82, 2.24) is 0 Å². The third-order valence-electron chi connectivity index (χ3n) is 3.86. The molecule has 2 aromatic carbocycles. The van der Waals surface area contributed by atoms with Gasteiger partial charge in [0.05, 0.1) is 10.9 Å². The second-order valence-corrected chi connectivity index (χ2v) is 6.38. The summed E-state index contributed by atoms with van der Waals surface area (Å²) in [5.74, 6) is 0.140. The van der Waals surface area contributed by atoms with Gasteiger partial charge in [-0.15, -0.1) is 11.8 Å². The van der Waals surface area contributed by atoms with E-state index in [-0.39, 0.29) is 17.1 Å². The van der Waals surface area contributed by atoms with E-state index in [2.05, 4.69) is 11.1 Å². The zero-order valence-electron chi connectivity index (χ0n) is 11.4. The molecule has 0 spiro atoms. The standard InChI is InChI=1S/C17H13NO2S/c1-10-15-16(21-14-9-5-3-7-12(14)18-10)11-6-2-4-8-13(11)20-17(15)19/h2-9,15-16H,1H3. The Morgan fingerprint density at radius 3 is 2.76 bits per heavy atom. The molecule has 0 fully saturated rings. The summed E-state index contributed by atoms with van der Waals surface area (Å²) < 4.78 is 5.49. The number of hydrogen-bond acceptors (Lipinski definition) is 4. The first kappa shape index (κ1) is 12.7. The number of carbonyl (C=O) groups excluding carboxylic acids is 1. The molecule has 2 unspecified atom stereocenters. The number of ether oxygens (including phenoxy) is 1. The van der Waals surface area contributed by atoms with Crippen LogP contribution in [-0.4, -0.2) is 11.7 Å². The maximum Gasteiger partial charge on any atom is 0.321 e. The van der Waals surface area contributed by atoms with Gasteiger partial charge in [-0.1, -0.05) is 30.3 Å². The summed E-state index contributed by atoms with van der Waals surface area (Å²) in [6.07, 6.45) is 0. The second-order valence-electron chi connectivity index (χ2n) is 5.20. The van der Waals surface area contributed by atoms with E-state index in [0.717, 1.165) is 21.9 Å². The van der Waals surface area contributed by atoms with E-state index in [9.17, 15) is 4.79 Å². The Morgan fingerprint density at radius 2 is 1.86 bits per heavy atom. The lowest BCUT2D eigenvalue weighted by molar-refractivity contribution is -0.137. The normalized spacial score (nSPS) is 23.1. The van der Waals surface area contributed by atoms with Gasteiger partial charge < -0.3 is 4.74 Å². The Kier molecular flexibility index (Phi) is 2.86. The fourth-order valence-electron chi connectivity index (χ4n) is 2.85. The highest BCUT2D eigenvalue weighted by atomic mass is 32.2. The van der Waals surface area contributed by atoms with Gasteiger partial charge >= 0.3 is 5.97 Å². The lowest BCUT2D eigenvalue weighted by Gasteiger charge is -2.30. The van der Waals surface area contributed by atoms with Crippen molar-refractivity contribution in [3.05, 3.63) is 54.1 Å². The molecule has 0 bridgehead atoms. The number of thioether (sulfide) groups is 1. The van der Waals surface area contributed by atoms with Crippen LogP contribution in [0.1, 0.15) is 17.7 Å². The number of esters is 1. The van der Waals surface area contributed by atoms with Crippen molar-refractivity contribution in [2.45, 2.75) is 17.1 Å². The van der Waals surface area contributed by atoms with Gasteiger partial charge in [0.25, 0.3) is 0 Å². The van der Waals surface area contributed by atoms with Crippen LogP contribution < -0.4 is 4.74 Å². The fraction of sp³-hybridized carbons (Fsp3) is 0.176. The first-order valence-corrected chi connectivity index (χ1v) is 7.73. The van der Waals surface area contributed by atoms with Gasteiger partial charge in [0, 0.05) is 16.2 Å². The van der Waals surface area contributed by atoms with Crippen molar-refractivity contribution < 1.29 is 9.53 Å². The second kappa shape index (κ2) is 4.74. The molecule has 0 aliphatic carbocycles. The highest BCUT2D eigenvalue weighted by Crippen LogP contribution is 2.51. The van der Waals surface area contributed by atoms with E-state index in [4.69, 9.17) is 4.74 Å². The number of benzene rings is 2. The highest BCUT2D eigenvalue weighted by molar-refractivity contribution is 7.99. The van der Waals surface area contributed by atoms with Gasteiger partial charge in [0.1, 0.15) is 11.7 Å². The molecule has 2 atom stereocenters. The van der Waals surface area contributed by atoms with Crippen LogP contribution >= 0.6 is 11.8 Å². The largest absolute Gasteiger partial charge is 0.426 e. The predicted molar refractivity (Wildman–Crippen MR) is 83.4 cm³/mol. The van der Waals surface area contributed by atoms with Gasteiger partial charge in [-0.3, -0.25) is 9.79 Å². The van der Waals surface area contributed by atoms with Crippen molar-refractivity contribution in [3.63, 3.8) is 0 Å². The van der Waals surface area contributed by atoms with Crippen LogP contribution in [0.2, 0.25) is 0 Å². The van der Waals surface area contributed by atoms with E-state index >= 15 is 0 Å². The number of fused-ring (bicyclic) bond motifs is 4. The number of para-hydroxylation sites is 2. The molecular formula is C17H13NO2S. The number of carbonyl (C=O) groups is 1. The molecule has 4 heteroatoms. The minimum absolute atomic E-state index is 0.0230. The number of nitrogens with zero attached hydrogens (tertiary/aromatic N) is 1. The molecule has 3 nitrogen and oxygen atoms in total. The summed E-state index contributed by atoms with van der Waals surface area (Å²) in [6, 6.07) is 15.8. The topological polar surface area (TPSA) is 38.7 Å². The molecule has 2 aromatic rings. The summed E-state index contributed by atoms with van der Waals surface area (Å²) in [4.78, 5) is 18.1. The van der Waals surface area contributed by atoms with Crippen LogP contribution in [0.25, 0.3) is 0 Å². The van der Waals surface area contributed by atoms with Crippen LogP contribution in [-0.2, 0) is 4.79 Å². The molecule has 0 N–H and O–H groups in total. The number of hydrogen-bond donors (Lipinski definition) is 0. The first-order chi connectivity index (χ1) is 10.2. The zero-order chi connectivity index (χ0) is 14.4. The van der Waals surface area contributed by atoms with Crippen LogP contribution in [0.3, 0.4) is 0 Å². The SMILES string of the molecule is CC1=Nc2ccccc2SC2c3ccccc3OC(=O)C12. The Labute approximate surface area is 127 Å². The summed E-state index contributed by atoms with van der Waals surface area (Å²) in [5, 5.41) is 0.0230. The Morgan fingerprint density at radius 1 is 1.10 bits per heavy atom. The van der Waals surface area contributed by atoms with E-state index < -0.39 is 0 Å². The lowest BCUT2D eigenvalue weighted by Crippen LogP contribution is -2.34. The third-order valence-corrected chi connectivity index (χ3v) is 5.24. The van der Waals surface area contributed by atoms with Gasteiger partial charge in [0.2, 0.25) is 0 Å². The van der Waals surface area contributed by atoms with E-state index in [1.54, 1.807) is 11.8 Å². The molecule has 2 aliphatic rings. The van der Waals surface area contributed by atoms with Crippen LogP contribution in [0.4, 0.5) is 5.69 Å². The smallest absolute Gasteiger partial charge is 0.321 e. The molecule has 2 heterocycles. The molecule has 0 radical (unpaired) electrons. The minimum atomic E-state index is -0.322. The van der Waals surface area contributed by atoms with E-state index in [0.29, 0.717) is 5.75 Å². The van der Waals surface area contributed by atoms with Gasteiger partial charge in [-0.05, 0) is 25.1 Å². The number of aliphatic imine (C=N–C) groups is 1. The lowest BCUT2D eigenvalue weighted by atomic mass is 9.92. The van der Waals surface area contributed by atoms with Crippen molar-refractivity contribution in [3.8, 4) is 5.75 Å². The average molecular weight is 295 g/mol. The Balaban J connectivity index is 1.92. The van der Waals surface area contributed by atoms with Crippen LogP contribution in [0.15, 0.2) is 58.4 Å². The van der Waals surface area contributed by atoms with Crippen LogP contribution in [0, 0.1) is 5.92 Å². The maximum atomic E-state index is 12.4. The first-order valence-electron chi connectivity index (χ1n) is 6.85. The Hall–Kier alpha value is -2.07. The average Bonchev–Trinajstić information content (AvgIpc) is 2.63. The van der Waals surface area contributed by atoms with E-state index in [1.807, 2.05) is 49.4 Å². The van der Waals surface area contributed by atoms with Crippen molar-refractivity contribution in [2.24, 2.45) is 10.9 Å². The summed E-state index contributed by atoms with van der Waals surface area (Å²) in [7, 11) is 0. The van der Waals surface area contributed by atoms with Crippen LogP contribution in [0.5, 0.6) is 5.75 Å². The minimum Gasteiger partial charge on any atom is -0.426 e. The maximum absolute atomic E-state index is 12.4. The van der Waals surface area contributed by atoms with Gasteiger partial charge in [-0.2, -0.15) is 0 Å². The monoisotopic (exact) mass is 295 g/mol. The van der Waals surface area contributed by atoms with Crippen molar-refractivity contribution in [1.29, 1.82) is 0 Å². The van der Waals surface area contributed by atoms with Gasteiger partial charge in [-0.25, -0.2) is 0 Å². The highest BCUT2D eigenvalue weighted by Gasteiger charge is 2.41. The summed E-state index contributed by atoms with van der Waals surface area (Å²) >= 11 is 1.70.